The average molecular weight is 516 g/mol. The van der Waals surface area contributed by atoms with E-state index in [1.165, 1.54) is 6.92 Å². The molecule has 0 heterocycles. The summed E-state index contributed by atoms with van der Waals surface area (Å²) in [6, 6.07) is 30.1. The second kappa shape index (κ2) is 8.38. The first-order chi connectivity index (χ1) is 11.2. The van der Waals surface area contributed by atoms with Crippen LogP contribution in [0.15, 0.2) is 91.0 Å². The van der Waals surface area contributed by atoms with Crippen LogP contribution in [0.2, 0.25) is 0 Å². The maximum Gasteiger partial charge on any atom is 0.348 e. The Labute approximate surface area is 157 Å². The minimum absolute atomic E-state index is 0. The van der Waals surface area contributed by atoms with Gasteiger partial charge in [0, 0.05) is 28.0 Å². The molecule has 0 aromatic heterocycles. The number of benzene rings is 3. The first-order valence-electron chi connectivity index (χ1n) is 7.49. The van der Waals surface area contributed by atoms with Gasteiger partial charge in [0.05, 0.1) is 0 Å². The van der Waals surface area contributed by atoms with Crippen LogP contribution < -0.4 is 15.9 Å². The van der Waals surface area contributed by atoms with Crippen molar-refractivity contribution in [2.24, 2.45) is 0 Å². The van der Waals surface area contributed by atoms with Crippen LogP contribution in [0.25, 0.3) is 0 Å². The van der Waals surface area contributed by atoms with Crippen molar-refractivity contribution in [3.05, 3.63) is 91.0 Å². The Morgan fingerprint density at radius 3 is 1.21 bits per heavy atom. The summed E-state index contributed by atoms with van der Waals surface area (Å²) in [6.45, 7) is 1.48. The SMILES string of the molecule is CC(=O)O[P+](c1ccccc1)(c1ccccc1)c1ccccc1.[Pt]. The third kappa shape index (κ3) is 3.66. The Hall–Kier alpha value is -1.75. The molecule has 0 saturated carbocycles. The molecule has 124 valence electrons. The Kier molecular flexibility index (Phi) is 6.49. The van der Waals surface area contributed by atoms with Crippen molar-refractivity contribution < 1.29 is 30.4 Å². The summed E-state index contributed by atoms with van der Waals surface area (Å²) in [4.78, 5) is 12.0. The van der Waals surface area contributed by atoms with Gasteiger partial charge in [-0.3, -0.25) is 4.52 Å². The molecule has 0 aliphatic rings. The first-order valence-corrected chi connectivity index (χ1v) is 9.20. The van der Waals surface area contributed by atoms with Gasteiger partial charge in [0.15, 0.2) is 0 Å². The number of carbonyl (C=O) groups is 1. The molecule has 3 aromatic carbocycles. The molecule has 24 heavy (non-hydrogen) atoms. The summed E-state index contributed by atoms with van der Waals surface area (Å²) < 4.78 is 6.07. The van der Waals surface area contributed by atoms with E-state index >= 15 is 0 Å². The van der Waals surface area contributed by atoms with Gasteiger partial charge in [-0.1, -0.05) is 54.6 Å². The fraction of sp³-hybridized carbons (Fsp3) is 0.0500. The summed E-state index contributed by atoms with van der Waals surface area (Å²) in [5, 5.41) is 3.10. The molecule has 0 fully saturated rings. The minimum atomic E-state index is -2.46. The normalized spacial score (nSPS) is 10.5. The zero-order valence-electron chi connectivity index (χ0n) is 13.2. The molecular formula is C20H18O2PPt+. The Morgan fingerprint density at radius 2 is 0.958 bits per heavy atom. The molecule has 0 radical (unpaired) electrons. The van der Waals surface area contributed by atoms with Crippen LogP contribution in [0.3, 0.4) is 0 Å². The van der Waals surface area contributed by atoms with E-state index < -0.39 is 7.49 Å². The van der Waals surface area contributed by atoms with Crippen LogP contribution in [0.1, 0.15) is 6.92 Å². The molecule has 0 N–H and O–H groups in total. The quantitative estimate of drug-likeness (QED) is 0.497. The van der Waals surface area contributed by atoms with Crippen LogP contribution in [0.5, 0.6) is 0 Å². The van der Waals surface area contributed by atoms with Gasteiger partial charge < -0.3 is 0 Å². The molecule has 0 amide bonds. The molecule has 0 unspecified atom stereocenters. The van der Waals surface area contributed by atoms with Gasteiger partial charge in [0.1, 0.15) is 15.9 Å². The molecule has 3 rings (SSSR count). The van der Waals surface area contributed by atoms with E-state index in [9.17, 15) is 4.79 Å². The molecule has 0 saturated heterocycles. The second-order valence-corrected chi connectivity index (χ2v) is 8.15. The van der Waals surface area contributed by atoms with Crippen molar-refractivity contribution in [2.45, 2.75) is 6.92 Å². The van der Waals surface area contributed by atoms with E-state index in [1.54, 1.807) is 0 Å². The third-order valence-corrected chi connectivity index (χ3v) is 7.23. The van der Waals surface area contributed by atoms with Crippen molar-refractivity contribution in [2.75, 3.05) is 0 Å². The van der Waals surface area contributed by atoms with Crippen LogP contribution in [-0.2, 0) is 30.4 Å². The van der Waals surface area contributed by atoms with Crippen LogP contribution >= 0.6 is 7.49 Å². The zero-order valence-corrected chi connectivity index (χ0v) is 16.4. The van der Waals surface area contributed by atoms with E-state index in [0.717, 1.165) is 15.9 Å². The van der Waals surface area contributed by atoms with Gasteiger partial charge >= 0.3 is 5.97 Å². The standard InChI is InChI=1S/C20H18O2P.Pt/c1-17(21)22-23(18-11-5-2-6-12-18,19-13-7-3-8-14-19)20-15-9-4-10-16-20;/h2-16H,1H3;/q+1;. The van der Waals surface area contributed by atoms with Crippen molar-refractivity contribution in [3.8, 4) is 0 Å². The fourth-order valence-electron chi connectivity index (χ4n) is 2.71. The summed E-state index contributed by atoms with van der Waals surface area (Å²) in [5.74, 6) is -0.269. The predicted molar refractivity (Wildman–Crippen MR) is 96.9 cm³/mol. The van der Waals surface area contributed by atoms with Gasteiger partial charge in [0.25, 0.3) is 7.49 Å². The average Bonchev–Trinajstić information content (AvgIpc) is 2.62. The predicted octanol–water partition coefficient (Wildman–Crippen LogP) is 3.46. The minimum Gasteiger partial charge on any atom is -0.297 e. The maximum atomic E-state index is 12.0. The zero-order chi connectivity index (χ0) is 16.1. The van der Waals surface area contributed by atoms with Gasteiger partial charge in [-0.05, 0) is 36.4 Å². The molecule has 0 bridgehead atoms. The largest absolute Gasteiger partial charge is 0.348 e. The van der Waals surface area contributed by atoms with Crippen molar-refractivity contribution >= 4 is 29.4 Å². The Bertz CT molecular complexity index is 680. The smallest absolute Gasteiger partial charge is 0.297 e. The van der Waals surface area contributed by atoms with E-state index in [-0.39, 0.29) is 27.0 Å². The van der Waals surface area contributed by atoms with Crippen molar-refractivity contribution in [3.63, 3.8) is 0 Å². The Morgan fingerprint density at radius 1 is 0.667 bits per heavy atom. The van der Waals surface area contributed by atoms with Gasteiger partial charge in [0.2, 0.25) is 0 Å². The summed E-state index contributed by atoms with van der Waals surface area (Å²) in [7, 11) is -2.46. The molecule has 3 aromatic rings. The van der Waals surface area contributed by atoms with Crippen LogP contribution in [-0.4, -0.2) is 5.97 Å². The van der Waals surface area contributed by atoms with Crippen molar-refractivity contribution in [1.29, 1.82) is 0 Å². The number of carbonyl (C=O) groups excluding carboxylic acids is 1. The molecule has 0 aliphatic carbocycles. The van der Waals surface area contributed by atoms with Gasteiger partial charge in [-0.25, -0.2) is 4.79 Å². The molecule has 0 atom stereocenters. The molecule has 4 heteroatoms. The molecule has 0 aliphatic heterocycles. The van der Waals surface area contributed by atoms with Crippen LogP contribution in [0, 0.1) is 0 Å². The molecule has 0 spiro atoms. The summed E-state index contributed by atoms with van der Waals surface area (Å²) in [6.07, 6.45) is 0. The molecule has 2 nitrogen and oxygen atoms in total. The third-order valence-electron chi connectivity index (χ3n) is 3.62. The van der Waals surface area contributed by atoms with Crippen LogP contribution in [0.4, 0.5) is 0 Å². The second-order valence-electron chi connectivity index (χ2n) is 5.20. The maximum absolute atomic E-state index is 12.0. The summed E-state index contributed by atoms with van der Waals surface area (Å²) in [5.41, 5.74) is 0. The fourth-order valence-corrected chi connectivity index (χ4v) is 6.08. The Balaban J connectivity index is 0.00000208. The topological polar surface area (TPSA) is 26.3 Å². The van der Waals surface area contributed by atoms with Gasteiger partial charge in [-0.2, -0.15) is 0 Å². The first kappa shape index (κ1) is 18.6. The molecular weight excluding hydrogens is 498 g/mol. The number of hydrogen-bond donors (Lipinski definition) is 0. The van der Waals surface area contributed by atoms with Crippen molar-refractivity contribution in [1.82, 2.24) is 0 Å². The number of hydrogen-bond acceptors (Lipinski definition) is 2. The van der Waals surface area contributed by atoms with E-state index in [0.29, 0.717) is 0 Å². The van der Waals surface area contributed by atoms with E-state index in [2.05, 4.69) is 0 Å². The monoisotopic (exact) mass is 516 g/mol. The van der Waals surface area contributed by atoms with Gasteiger partial charge in [-0.15, -0.1) is 0 Å². The van der Waals surface area contributed by atoms with E-state index in [1.807, 2.05) is 91.0 Å². The van der Waals surface area contributed by atoms with E-state index in [4.69, 9.17) is 4.52 Å². The summed E-state index contributed by atoms with van der Waals surface area (Å²) >= 11 is 0. The number of rotatable bonds is 4.